The van der Waals surface area contributed by atoms with Gasteiger partial charge in [-0.1, -0.05) is 58.9 Å². The van der Waals surface area contributed by atoms with Crippen molar-refractivity contribution in [2.24, 2.45) is 23.7 Å². The van der Waals surface area contributed by atoms with Crippen molar-refractivity contribution in [3.63, 3.8) is 0 Å². The third-order valence-electron chi connectivity index (χ3n) is 13.6. The van der Waals surface area contributed by atoms with Crippen LogP contribution in [0.5, 0.6) is 0 Å². The minimum absolute atomic E-state index is 0.0593. The van der Waals surface area contributed by atoms with Gasteiger partial charge in [-0.05, 0) is 105 Å². The highest BCUT2D eigenvalue weighted by molar-refractivity contribution is 6.74. The average molecular weight is 877 g/mol. The fraction of sp³-hybridized carbons (Fsp3) is 0.660. The van der Waals surface area contributed by atoms with Crippen LogP contribution in [0.3, 0.4) is 0 Å². The van der Waals surface area contributed by atoms with Crippen LogP contribution in [-0.4, -0.2) is 99.6 Å². The standard InChI is InChI=1S/C47H68N4O10Si/c1-29-25-31-16-15-30(2)34(18-17-32-27-33(28-40(53)59-32)61-62(6,7)47(3,4)5)41(31)38(26-29)60-46(57)49-22-9-11-24-58-23-10-8-21-48-36-14-12-13-35-42(36)45(56)51(44(35)55)37-19-20-39(52)50-43(37)54/h12-16,25,29-30,32-34,37-38,41,48H,8-11,17-24,26-28H2,1-7H3,(H,49,57)(H,50,52,54)/t29-,30-,32+,33+,34-,37?,38-,41-/m0/s1. The Balaban J connectivity index is 0.877. The fourth-order valence-corrected chi connectivity index (χ4v) is 10.7. The number of amides is 5. The van der Waals surface area contributed by atoms with E-state index in [1.165, 1.54) is 5.57 Å². The van der Waals surface area contributed by atoms with E-state index in [4.69, 9.17) is 18.6 Å². The van der Waals surface area contributed by atoms with Crippen LogP contribution in [0.25, 0.3) is 0 Å². The highest BCUT2D eigenvalue weighted by Crippen LogP contribution is 2.46. The molecule has 3 aliphatic heterocycles. The Morgan fingerprint density at radius 2 is 1.71 bits per heavy atom. The second-order valence-corrected chi connectivity index (χ2v) is 24.2. The van der Waals surface area contributed by atoms with Crippen molar-refractivity contribution in [1.82, 2.24) is 15.5 Å². The lowest BCUT2D eigenvalue weighted by molar-refractivity contribution is -0.160. The second kappa shape index (κ2) is 20.4. The second-order valence-electron chi connectivity index (χ2n) is 19.4. The topological polar surface area (TPSA) is 179 Å². The Morgan fingerprint density at radius 3 is 2.44 bits per heavy atom. The Morgan fingerprint density at radius 1 is 0.968 bits per heavy atom. The molecule has 6 rings (SSSR count). The molecule has 5 aliphatic rings. The zero-order chi connectivity index (χ0) is 44.8. The lowest BCUT2D eigenvalue weighted by Crippen LogP contribution is -2.54. The molecule has 0 aromatic heterocycles. The van der Waals surface area contributed by atoms with Gasteiger partial charge in [-0.15, -0.1) is 0 Å². The Kier molecular flexibility index (Phi) is 15.5. The molecule has 0 saturated carbocycles. The van der Waals surface area contributed by atoms with Crippen LogP contribution >= 0.6 is 0 Å². The predicted molar refractivity (Wildman–Crippen MR) is 237 cm³/mol. The molecule has 0 spiro atoms. The summed E-state index contributed by atoms with van der Waals surface area (Å²) >= 11 is 0. The van der Waals surface area contributed by atoms with E-state index in [0.717, 1.165) is 49.8 Å². The van der Waals surface area contributed by atoms with E-state index >= 15 is 0 Å². The van der Waals surface area contributed by atoms with Crippen molar-refractivity contribution >= 4 is 49.7 Å². The van der Waals surface area contributed by atoms with Crippen LogP contribution in [0.15, 0.2) is 42.0 Å². The van der Waals surface area contributed by atoms with Gasteiger partial charge < -0.3 is 29.3 Å². The van der Waals surface area contributed by atoms with Gasteiger partial charge >= 0.3 is 12.1 Å². The largest absolute Gasteiger partial charge is 0.462 e. The molecular formula is C47H68N4O10Si. The molecule has 0 radical (unpaired) electrons. The number of hydrogen-bond acceptors (Lipinski definition) is 11. The third kappa shape index (κ3) is 11.4. The van der Waals surface area contributed by atoms with Gasteiger partial charge in [-0.2, -0.15) is 0 Å². The van der Waals surface area contributed by atoms with E-state index in [1.54, 1.807) is 18.2 Å². The number of anilines is 1. The zero-order valence-corrected chi connectivity index (χ0v) is 38.7. The maximum atomic E-state index is 13.3. The molecule has 8 atom stereocenters. The number of carbonyl (C=O) groups excluding carboxylic acids is 6. The van der Waals surface area contributed by atoms with Crippen LogP contribution in [-0.2, 0) is 33.0 Å². The van der Waals surface area contributed by atoms with Gasteiger partial charge in [-0.3, -0.25) is 34.2 Å². The summed E-state index contributed by atoms with van der Waals surface area (Å²) < 4.78 is 24.5. The number of cyclic esters (lactones) is 1. The summed E-state index contributed by atoms with van der Waals surface area (Å²) in [5, 5.41) is 8.50. The van der Waals surface area contributed by atoms with E-state index in [-0.39, 0.29) is 77.0 Å². The summed E-state index contributed by atoms with van der Waals surface area (Å²) in [5.41, 5.74) is 2.25. The quantitative estimate of drug-likeness (QED) is 0.0578. The van der Waals surface area contributed by atoms with Gasteiger partial charge in [-0.25, -0.2) is 4.79 Å². The first kappa shape index (κ1) is 47.1. The van der Waals surface area contributed by atoms with Crippen molar-refractivity contribution in [2.75, 3.05) is 31.6 Å². The molecule has 1 aromatic carbocycles. The van der Waals surface area contributed by atoms with E-state index in [2.05, 4.69) is 81.9 Å². The fourth-order valence-electron chi connectivity index (χ4n) is 9.32. The molecule has 0 bridgehead atoms. The number of esters is 1. The monoisotopic (exact) mass is 876 g/mol. The van der Waals surface area contributed by atoms with Gasteiger partial charge in [0.15, 0.2) is 8.32 Å². The number of imide groups is 2. The van der Waals surface area contributed by atoms with Gasteiger partial charge in [0.25, 0.3) is 11.8 Å². The van der Waals surface area contributed by atoms with E-state index in [9.17, 15) is 28.8 Å². The van der Waals surface area contributed by atoms with Crippen molar-refractivity contribution in [3.05, 3.63) is 53.1 Å². The minimum Gasteiger partial charge on any atom is -0.462 e. The number of nitrogens with one attached hydrogen (secondary N) is 3. The number of fused-ring (bicyclic) bond motifs is 2. The maximum absolute atomic E-state index is 13.3. The number of piperidine rings is 1. The van der Waals surface area contributed by atoms with E-state index in [0.29, 0.717) is 44.8 Å². The van der Waals surface area contributed by atoms with Crippen molar-refractivity contribution < 1.29 is 47.4 Å². The summed E-state index contributed by atoms with van der Waals surface area (Å²) in [6, 6.07) is 4.02. The number of alkyl carbamates (subject to hydrolysis) is 1. The molecule has 2 saturated heterocycles. The molecule has 2 aliphatic carbocycles. The molecule has 15 heteroatoms. The van der Waals surface area contributed by atoms with Crippen molar-refractivity contribution in [2.45, 2.75) is 148 Å². The third-order valence-corrected chi connectivity index (χ3v) is 18.2. The average Bonchev–Trinajstić information content (AvgIpc) is 3.44. The highest BCUT2D eigenvalue weighted by Gasteiger charge is 2.47. The molecule has 340 valence electrons. The number of rotatable bonds is 18. The molecule has 3 heterocycles. The van der Waals surface area contributed by atoms with Crippen LogP contribution in [0.2, 0.25) is 18.1 Å². The molecule has 14 nitrogen and oxygen atoms in total. The van der Waals surface area contributed by atoms with Crippen LogP contribution in [0, 0.1) is 23.7 Å². The van der Waals surface area contributed by atoms with Gasteiger partial charge in [0.2, 0.25) is 11.8 Å². The molecule has 62 heavy (non-hydrogen) atoms. The maximum Gasteiger partial charge on any atom is 0.407 e. The summed E-state index contributed by atoms with van der Waals surface area (Å²) in [4.78, 5) is 77.2. The molecule has 5 amide bonds. The van der Waals surface area contributed by atoms with Crippen LogP contribution in [0.1, 0.15) is 126 Å². The lowest BCUT2D eigenvalue weighted by Gasteiger charge is -2.44. The summed E-state index contributed by atoms with van der Waals surface area (Å²) in [5.74, 6) is -1.39. The van der Waals surface area contributed by atoms with E-state index in [1.807, 2.05) is 0 Å². The Labute approximate surface area is 367 Å². The predicted octanol–water partition coefficient (Wildman–Crippen LogP) is 7.45. The summed E-state index contributed by atoms with van der Waals surface area (Å²) in [7, 11) is -2.03. The van der Waals surface area contributed by atoms with Gasteiger partial charge in [0, 0.05) is 50.8 Å². The first-order valence-corrected chi connectivity index (χ1v) is 25.7. The first-order chi connectivity index (χ1) is 29.4. The van der Waals surface area contributed by atoms with Gasteiger partial charge in [0.05, 0.1) is 23.7 Å². The molecule has 1 aromatic rings. The smallest absolute Gasteiger partial charge is 0.407 e. The number of carbonyl (C=O) groups is 6. The molecule has 3 N–H and O–H groups in total. The summed E-state index contributed by atoms with van der Waals surface area (Å²) in [6.45, 7) is 17.7. The first-order valence-electron chi connectivity index (χ1n) is 22.8. The number of ether oxygens (including phenoxy) is 3. The Hall–Kier alpha value is -4.34. The van der Waals surface area contributed by atoms with E-state index < -0.39 is 44.1 Å². The molecular weight excluding hydrogens is 809 g/mol. The number of allylic oxidation sites excluding steroid dienone is 3. The van der Waals surface area contributed by atoms with Crippen molar-refractivity contribution in [1.29, 1.82) is 0 Å². The number of benzene rings is 1. The lowest BCUT2D eigenvalue weighted by atomic mass is 9.65. The normalized spacial score (nSPS) is 27.6. The SMILES string of the molecule is C[C@H]1C=C2C=C[C@H](C)[C@H](CC[C@@H]3C[C@@H](O[Si](C)(C)C(C)(C)C)CC(=O)O3)[C@H]2[C@@H](OC(=O)NCCCCOCCCCNc2cccc3c2C(=O)N(C2CCC(=O)NC2=O)C3=O)C1. The van der Waals surface area contributed by atoms with Crippen LogP contribution in [0.4, 0.5) is 10.5 Å². The van der Waals surface area contributed by atoms with Crippen LogP contribution < -0.4 is 16.0 Å². The van der Waals surface area contributed by atoms with Crippen molar-refractivity contribution in [3.8, 4) is 0 Å². The molecule has 2 fully saturated rings. The van der Waals surface area contributed by atoms with Gasteiger partial charge in [0.1, 0.15) is 18.2 Å². The number of unbranched alkanes of at least 4 members (excludes halogenated alkanes) is 2. The number of hydrogen-bond donors (Lipinski definition) is 3. The minimum atomic E-state index is -2.03. The Bertz CT molecular complexity index is 1910. The zero-order valence-electron chi connectivity index (χ0n) is 37.7. The highest BCUT2D eigenvalue weighted by atomic mass is 28.4. The number of nitrogens with zero attached hydrogens (tertiary/aromatic N) is 1. The molecule has 1 unspecified atom stereocenters. The summed E-state index contributed by atoms with van der Waals surface area (Å²) in [6.07, 6.45) is 12.5.